The summed E-state index contributed by atoms with van der Waals surface area (Å²) in [5.74, 6) is -2.70. The third kappa shape index (κ3) is 1.75. The van der Waals surface area contributed by atoms with Crippen LogP contribution in [-0.2, 0) is 6.54 Å². The van der Waals surface area contributed by atoms with E-state index in [-0.39, 0.29) is 10.9 Å². The average Bonchev–Trinajstić information content (AvgIpc) is 2.41. The van der Waals surface area contributed by atoms with Crippen LogP contribution in [0.5, 0.6) is 11.5 Å². The van der Waals surface area contributed by atoms with Gasteiger partial charge in [0, 0.05) is 18.8 Å². The molecule has 102 valence electrons. The molecule has 0 aliphatic carbocycles. The summed E-state index contributed by atoms with van der Waals surface area (Å²) in [6.07, 6.45) is 1.14. The SMILES string of the molecule is CCn1cc(C(=O)O)c(=O)c2c(C#N)c(O)c(O)cc21. The van der Waals surface area contributed by atoms with E-state index in [0.717, 1.165) is 12.3 Å². The zero-order valence-corrected chi connectivity index (χ0v) is 10.4. The Kier molecular flexibility index (Phi) is 3.08. The molecule has 0 spiro atoms. The molecular formula is C13H10N2O5. The number of aromatic carboxylic acids is 1. The van der Waals surface area contributed by atoms with Crippen LogP contribution in [0.15, 0.2) is 17.1 Å². The van der Waals surface area contributed by atoms with Gasteiger partial charge in [-0.3, -0.25) is 4.79 Å². The van der Waals surface area contributed by atoms with Crippen LogP contribution in [0.4, 0.5) is 0 Å². The molecule has 7 nitrogen and oxygen atoms in total. The Hall–Kier alpha value is -3.01. The normalized spacial score (nSPS) is 10.4. The lowest BCUT2D eigenvalue weighted by molar-refractivity contribution is 0.0695. The highest BCUT2D eigenvalue weighted by Crippen LogP contribution is 2.34. The number of fused-ring (bicyclic) bond motifs is 1. The van der Waals surface area contributed by atoms with Crippen molar-refractivity contribution in [2.45, 2.75) is 13.5 Å². The Morgan fingerprint density at radius 2 is 2.10 bits per heavy atom. The molecule has 0 aliphatic heterocycles. The number of nitrogens with zero attached hydrogens (tertiary/aromatic N) is 2. The highest BCUT2D eigenvalue weighted by atomic mass is 16.4. The number of nitriles is 1. The first-order valence-corrected chi connectivity index (χ1v) is 5.67. The maximum atomic E-state index is 12.1. The van der Waals surface area contributed by atoms with E-state index < -0.39 is 34.0 Å². The number of phenolic OH excluding ortho intramolecular Hbond substituents is 2. The molecule has 0 bridgehead atoms. The quantitative estimate of drug-likeness (QED) is 0.702. The minimum atomic E-state index is -1.42. The molecule has 2 rings (SSSR count). The number of aryl methyl sites for hydroxylation is 1. The van der Waals surface area contributed by atoms with Crippen molar-refractivity contribution >= 4 is 16.9 Å². The fraction of sp³-hybridized carbons (Fsp3) is 0.154. The minimum Gasteiger partial charge on any atom is -0.504 e. The first-order valence-electron chi connectivity index (χ1n) is 5.67. The van der Waals surface area contributed by atoms with Gasteiger partial charge in [0.2, 0.25) is 5.43 Å². The molecule has 1 heterocycles. The standard InChI is InChI=1S/C13H10N2O5/c1-2-15-5-7(13(19)20)12(18)10-6(4-14)11(17)9(16)3-8(10)15/h3,5,16-17H,2H2,1H3,(H,19,20). The van der Waals surface area contributed by atoms with Crippen molar-refractivity contribution in [2.24, 2.45) is 0 Å². The predicted octanol–water partition coefficient (Wildman–Crippen LogP) is 1.00. The maximum absolute atomic E-state index is 12.1. The number of carboxylic acids is 1. The Balaban J connectivity index is 3.16. The summed E-state index contributed by atoms with van der Waals surface area (Å²) in [6.45, 7) is 2.04. The van der Waals surface area contributed by atoms with Gasteiger partial charge in [-0.2, -0.15) is 5.26 Å². The van der Waals surface area contributed by atoms with Gasteiger partial charge >= 0.3 is 5.97 Å². The lowest BCUT2D eigenvalue weighted by atomic mass is 10.0. The van der Waals surface area contributed by atoms with E-state index in [2.05, 4.69) is 0 Å². The third-order valence-electron chi connectivity index (χ3n) is 3.01. The maximum Gasteiger partial charge on any atom is 0.341 e. The summed E-state index contributed by atoms with van der Waals surface area (Å²) in [7, 11) is 0. The van der Waals surface area contributed by atoms with Crippen molar-refractivity contribution in [3.05, 3.63) is 33.6 Å². The first-order chi connectivity index (χ1) is 9.42. The van der Waals surface area contributed by atoms with Crippen LogP contribution in [0.3, 0.4) is 0 Å². The van der Waals surface area contributed by atoms with E-state index in [0.29, 0.717) is 6.54 Å². The molecule has 0 atom stereocenters. The van der Waals surface area contributed by atoms with Crippen LogP contribution in [0.25, 0.3) is 10.9 Å². The molecule has 7 heteroatoms. The van der Waals surface area contributed by atoms with E-state index in [9.17, 15) is 19.8 Å². The monoisotopic (exact) mass is 274 g/mol. The lowest BCUT2D eigenvalue weighted by Gasteiger charge is -2.12. The fourth-order valence-corrected chi connectivity index (χ4v) is 2.04. The second-order valence-corrected chi connectivity index (χ2v) is 4.09. The van der Waals surface area contributed by atoms with E-state index in [1.165, 1.54) is 4.57 Å². The van der Waals surface area contributed by atoms with Crippen molar-refractivity contribution in [3.63, 3.8) is 0 Å². The summed E-state index contributed by atoms with van der Waals surface area (Å²) in [6, 6.07) is 2.75. The van der Waals surface area contributed by atoms with Crippen LogP contribution in [0.2, 0.25) is 0 Å². The van der Waals surface area contributed by atoms with Crippen molar-refractivity contribution in [2.75, 3.05) is 0 Å². The summed E-state index contributed by atoms with van der Waals surface area (Å²) in [4.78, 5) is 23.2. The molecular weight excluding hydrogens is 264 g/mol. The van der Waals surface area contributed by atoms with E-state index in [1.54, 1.807) is 13.0 Å². The molecule has 0 fully saturated rings. The van der Waals surface area contributed by atoms with Crippen LogP contribution in [0.1, 0.15) is 22.8 Å². The van der Waals surface area contributed by atoms with Crippen LogP contribution in [-0.4, -0.2) is 25.9 Å². The number of aromatic nitrogens is 1. The molecule has 1 aromatic heterocycles. The topological polar surface area (TPSA) is 124 Å². The zero-order valence-electron chi connectivity index (χ0n) is 10.4. The number of phenols is 2. The van der Waals surface area contributed by atoms with Crippen molar-refractivity contribution in [3.8, 4) is 17.6 Å². The second kappa shape index (κ2) is 4.59. The van der Waals surface area contributed by atoms with E-state index in [1.807, 2.05) is 0 Å². The number of carbonyl (C=O) groups is 1. The Morgan fingerprint density at radius 3 is 2.60 bits per heavy atom. The number of hydrogen-bond acceptors (Lipinski definition) is 5. The number of hydrogen-bond donors (Lipinski definition) is 3. The molecule has 1 aromatic carbocycles. The molecule has 0 saturated carbocycles. The number of benzene rings is 1. The number of pyridine rings is 1. The third-order valence-corrected chi connectivity index (χ3v) is 3.01. The molecule has 0 radical (unpaired) electrons. The Bertz CT molecular complexity index is 829. The van der Waals surface area contributed by atoms with Gasteiger partial charge in [-0.1, -0.05) is 0 Å². The fourth-order valence-electron chi connectivity index (χ4n) is 2.04. The van der Waals surface area contributed by atoms with Crippen molar-refractivity contribution in [1.82, 2.24) is 4.57 Å². The number of rotatable bonds is 2. The molecule has 3 N–H and O–H groups in total. The average molecular weight is 274 g/mol. The van der Waals surface area contributed by atoms with Crippen molar-refractivity contribution in [1.29, 1.82) is 5.26 Å². The molecule has 0 saturated heterocycles. The van der Waals surface area contributed by atoms with Gasteiger partial charge in [-0.05, 0) is 6.92 Å². The molecule has 20 heavy (non-hydrogen) atoms. The summed E-state index contributed by atoms with van der Waals surface area (Å²) in [5, 5.41) is 37.1. The van der Waals surface area contributed by atoms with E-state index in [4.69, 9.17) is 10.4 Å². The largest absolute Gasteiger partial charge is 0.504 e. The van der Waals surface area contributed by atoms with Crippen LogP contribution >= 0.6 is 0 Å². The van der Waals surface area contributed by atoms with Gasteiger partial charge in [0.05, 0.1) is 10.9 Å². The summed E-state index contributed by atoms with van der Waals surface area (Å²) in [5.41, 5.74) is -1.62. The Labute approximate surface area is 112 Å². The van der Waals surface area contributed by atoms with Gasteiger partial charge < -0.3 is 19.9 Å². The summed E-state index contributed by atoms with van der Waals surface area (Å²) >= 11 is 0. The number of aromatic hydroxyl groups is 2. The van der Waals surface area contributed by atoms with Crippen LogP contribution in [0, 0.1) is 11.3 Å². The lowest BCUT2D eigenvalue weighted by Crippen LogP contribution is -2.19. The van der Waals surface area contributed by atoms with Gasteiger partial charge in [-0.25, -0.2) is 4.79 Å². The highest BCUT2D eigenvalue weighted by molar-refractivity contribution is 5.96. The van der Waals surface area contributed by atoms with E-state index >= 15 is 0 Å². The number of carboxylic acid groups (broad SMARTS) is 1. The molecule has 0 unspecified atom stereocenters. The van der Waals surface area contributed by atoms with Crippen LogP contribution < -0.4 is 5.43 Å². The highest BCUT2D eigenvalue weighted by Gasteiger charge is 2.21. The van der Waals surface area contributed by atoms with Gasteiger partial charge in [0.1, 0.15) is 17.2 Å². The van der Waals surface area contributed by atoms with Gasteiger partial charge in [0.15, 0.2) is 11.5 Å². The molecule has 0 aliphatic rings. The zero-order chi connectivity index (χ0) is 15.0. The first kappa shape index (κ1) is 13.4. The smallest absolute Gasteiger partial charge is 0.341 e. The molecule has 2 aromatic rings. The van der Waals surface area contributed by atoms with Crippen molar-refractivity contribution < 1.29 is 20.1 Å². The molecule has 0 amide bonds. The Morgan fingerprint density at radius 1 is 1.45 bits per heavy atom. The summed E-state index contributed by atoms with van der Waals surface area (Å²) < 4.78 is 1.42. The predicted molar refractivity (Wildman–Crippen MR) is 68.9 cm³/mol. The minimum absolute atomic E-state index is 0.189. The van der Waals surface area contributed by atoms with Gasteiger partial charge in [-0.15, -0.1) is 0 Å². The second-order valence-electron chi connectivity index (χ2n) is 4.09. The van der Waals surface area contributed by atoms with Gasteiger partial charge in [0.25, 0.3) is 0 Å².